The second-order valence-electron chi connectivity index (χ2n) is 8.58. The summed E-state index contributed by atoms with van der Waals surface area (Å²) in [7, 11) is 0. The average Bonchev–Trinajstić information content (AvgIpc) is 3.33. The van der Waals surface area contributed by atoms with Crippen molar-refractivity contribution in [1.82, 2.24) is 14.8 Å². The van der Waals surface area contributed by atoms with Crippen LogP contribution in [0.15, 0.2) is 34.6 Å². The van der Waals surface area contributed by atoms with Crippen molar-refractivity contribution in [2.45, 2.75) is 55.7 Å². The molecule has 1 aromatic carbocycles. The van der Waals surface area contributed by atoms with Crippen molar-refractivity contribution in [1.29, 1.82) is 0 Å². The summed E-state index contributed by atoms with van der Waals surface area (Å²) in [6.45, 7) is 5.62. The summed E-state index contributed by atoms with van der Waals surface area (Å²) in [5.41, 5.74) is 2.21. The van der Waals surface area contributed by atoms with E-state index in [-0.39, 0.29) is 65.3 Å². The van der Waals surface area contributed by atoms with Crippen LogP contribution in [0.1, 0.15) is 55.0 Å². The number of alkyl halides is 3. The molecule has 1 N–H and O–H groups in total. The van der Waals surface area contributed by atoms with Gasteiger partial charge < -0.3 is 5.11 Å². The van der Waals surface area contributed by atoms with Gasteiger partial charge in [-0.25, -0.2) is 14.2 Å². The van der Waals surface area contributed by atoms with E-state index in [2.05, 4.69) is 10.1 Å². The maximum atomic E-state index is 13.9. The number of carbonyl (C=O) groups is 1. The van der Waals surface area contributed by atoms with Crippen molar-refractivity contribution in [3.63, 3.8) is 0 Å². The Morgan fingerprint density at radius 1 is 1.31 bits per heavy atom. The fraction of sp³-hybridized carbons (Fsp3) is 0.375. The van der Waals surface area contributed by atoms with Crippen LogP contribution < -0.4 is 0 Å². The number of allylic oxidation sites excluding steroid dienone is 2. The maximum absolute atomic E-state index is 13.9. The van der Waals surface area contributed by atoms with Gasteiger partial charge in [0.1, 0.15) is 5.82 Å². The fourth-order valence-electron chi connectivity index (χ4n) is 4.08. The standard InChI is InChI=1S/C24H23F4N3O2S2.Na.H/c1-12(2)34-22-19(14-7-9-16(10-8-14)24(26,27)28)29-23(35-22)31-20(21(32)33)18(13(3)30-31)15-5-4-6-17(25)11-15;;/h4-7,11-12,16H,8-10H2,1-3H3,(H,32,33);;. The van der Waals surface area contributed by atoms with Gasteiger partial charge in [-0.3, -0.25) is 0 Å². The number of benzene rings is 1. The van der Waals surface area contributed by atoms with Gasteiger partial charge in [-0.2, -0.15) is 23.0 Å². The van der Waals surface area contributed by atoms with E-state index in [1.807, 2.05) is 13.8 Å². The third-order valence-corrected chi connectivity index (χ3v) is 7.91. The number of carboxylic acid groups (broad SMARTS) is 1. The van der Waals surface area contributed by atoms with Crippen molar-refractivity contribution in [2.24, 2.45) is 5.92 Å². The normalized spacial score (nSPS) is 16.1. The van der Waals surface area contributed by atoms with Crippen molar-refractivity contribution in [3.8, 4) is 16.3 Å². The van der Waals surface area contributed by atoms with Crippen LogP contribution in [0.2, 0.25) is 0 Å². The van der Waals surface area contributed by atoms with Crippen LogP contribution in [0.4, 0.5) is 17.6 Å². The molecule has 1 aliphatic rings. The van der Waals surface area contributed by atoms with Crippen LogP contribution in [0.3, 0.4) is 0 Å². The third kappa shape index (κ3) is 6.07. The van der Waals surface area contributed by atoms with E-state index in [4.69, 9.17) is 0 Å². The molecule has 0 saturated carbocycles. The Bertz CT molecular complexity index is 1300. The molecule has 0 aliphatic heterocycles. The van der Waals surface area contributed by atoms with Crippen molar-refractivity contribution < 1.29 is 27.5 Å². The number of thiazole rings is 1. The number of carboxylic acids is 1. The number of thioether (sulfide) groups is 1. The molecule has 0 radical (unpaired) electrons. The van der Waals surface area contributed by atoms with E-state index in [9.17, 15) is 27.5 Å². The predicted molar refractivity (Wildman–Crippen MR) is 136 cm³/mol. The second-order valence-corrected chi connectivity index (χ2v) is 11.4. The average molecular weight is 550 g/mol. The van der Waals surface area contributed by atoms with Crippen LogP contribution in [0.5, 0.6) is 0 Å². The molecule has 36 heavy (non-hydrogen) atoms. The zero-order chi connectivity index (χ0) is 25.5. The molecule has 0 fully saturated rings. The molecule has 1 unspecified atom stereocenters. The Hall–Kier alpha value is -1.66. The monoisotopic (exact) mass is 549 g/mol. The van der Waals surface area contributed by atoms with Gasteiger partial charge >= 0.3 is 41.7 Å². The molecule has 0 amide bonds. The molecule has 3 aromatic rings. The van der Waals surface area contributed by atoms with E-state index in [0.29, 0.717) is 22.1 Å². The zero-order valence-electron chi connectivity index (χ0n) is 19.2. The van der Waals surface area contributed by atoms with Gasteiger partial charge in [-0.1, -0.05) is 43.4 Å². The molecule has 0 bridgehead atoms. The summed E-state index contributed by atoms with van der Waals surface area (Å²) >= 11 is 2.76. The molecular weight excluding hydrogens is 525 g/mol. The molecule has 2 aromatic heterocycles. The van der Waals surface area contributed by atoms with Crippen LogP contribution in [-0.2, 0) is 0 Å². The molecule has 2 heterocycles. The summed E-state index contributed by atoms with van der Waals surface area (Å²) in [5.74, 6) is -3.11. The molecule has 5 nitrogen and oxygen atoms in total. The number of aromatic nitrogens is 3. The summed E-state index contributed by atoms with van der Waals surface area (Å²) in [6, 6.07) is 5.63. The molecule has 188 valence electrons. The van der Waals surface area contributed by atoms with Crippen LogP contribution >= 0.6 is 23.1 Å². The van der Waals surface area contributed by atoms with Crippen molar-refractivity contribution >= 4 is 64.2 Å². The van der Waals surface area contributed by atoms with Crippen molar-refractivity contribution in [3.05, 3.63) is 53.2 Å². The first kappa shape index (κ1) is 28.9. The summed E-state index contributed by atoms with van der Waals surface area (Å²) in [4.78, 5) is 17.0. The minimum atomic E-state index is -4.24. The Labute approximate surface area is 236 Å². The third-order valence-electron chi connectivity index (χ3n) is 5.66. The first-order valence-electron chi connectivity index (χ1n) is 11.0. The summed E-state index contributed by atoms with van der Waals surface area (Å²) in [6.07, 6.45) is -2.53. The Balaban J connectivity index is 0.00000361. The number of hydrogen-bond donors (Lipinski definition) is 1. The van der Waals surface area contributed by atoms with Gasteiger partial charge in [0.2, 0.25) is 5.13 Å². The second kappa shape index (κ2) is 11.4. The topological polar surface area (TPSA) is 68.0 Å². The number of hydrogen-bond acceptors (Lipinski definition) is 5. The van der Waals surface area contributed by atoms with Crippen LogP contribution in [-0.4, -0.2) is 66.8 Å². The Morgan fingerprint density at radius 2 is 2.03 bits per heavy atom. The molecule has 4 rings (SSSR count). The van der Waals surface area contributed by atoms with E-state index >= 15 is 0 Å². The predicted octanol–water partition coefficient (Wildman–Crippen LogP) is 6.74. The SMILES string of the molecule is Cc1nn(-c2nc(C3=CCC(C(F)(F)F)CC3)c(SC(C)C)s2)c(C(=O)O)c1-c1cccc(F)c1.[NaH]. The van der Waals surface area contributed by atoms with Gasteiger partial charge in [0, 0.05) is 10.8 Å². The molecule has 12 heteroatoms. The molecule has 0 saturated heterocycles. The first-order chi connectivity index (χ1) is 16.5. The van der Waals surface area contributed by atoms with E-state index in [1.165, 1.54) is 46.0 Å². The van der Waals surface area contributed by atoms with E-state index < -0.39 is 23.9 Å². The van der Waals surface area contributed by atoms with Gasteiger partial charge in [0.25, 0.3) is 0 Å². The van der Waals surface area contributed by atoms with Crippen LogP contribution in [0, 0.1) is 18.7 Å². The summed E-state index contributed by atoms with van der Waals surface area (Å²) in [5, 5.41) is 14.9. The van der Waals surface area contributed by atoms with Crippen LogP contribution in [0.25, 0.3) is 21.8 Å². The first-order valence-corrected chi connectivity index (χ1v) is 12.7. The molecular formula is C24H24F4N3NaO2S2. The molecule has 0 spiro atoms. The van der Waals surface area contributed by atoms with Gasteiger partial charge in [0.05, 0.1) is 21.5 Å². The Morgan fingerprint density at radius 3 is 2.58 bits per heavy atom. The number of nitrogens with zero attached hydrogens (tertiary/aromatic N) is 3. The van der Waals surface area contributed by atoms with Gasteiger partial charge in [-0.05, 0) is 49.5 Å². The quantitative estimate of drug-likeness (QED) is 0.210. The number of rotatable bonds is 6. The zero-order valence-corrected chi connectivity index (χ0v) is 20.8. The summed E-state index contributed by atoms with van der Waals surface area (Å²) < 4.78 is 55.3. The van der Waals surface area contributed by atoms with E-state index in [1.54, 1.807) is 19.1 Å². The fourth-order valence-corrected chi connectivity index (χ4v) is 6.59. The van der Waals surface area contributed by atoms with Crippen molar-refractivity contribution in [2.75, 3.05) is 0 Å². The molecule has 1 atom stereocenters. The Kier molecular flexibility index (Phi) is 9.14. The minimum absolute atomic E-state index is 0. The van der Waals surface area contributed by atoms with Gasteiger partial charge in [0.15, 0.2) is 5.69 Å². The number of aromatic carboxylic acids is 1. The molecule has 1 aliphatic carbocycles. The van der Waals surface area contributed by atoms with E-state index in [0.717, 1.165) is 9.78 Å². The number of halogens is 4. The number of aryl methyl sites for hydroxylation is 1. The van der Waals surface area contributed by atoms with Gasteiger partial charge in [-0.15, -0.1) is 11.8 Å².